The largest absolute Gasteiger partial charge is 0.396 e. The summed E-state index contributed by atoms with van der Waals surface area (Å²) >= 11 is 0. The molecule has 2 N–H and O–H groups in total. The number of aliphatic hydroxyl groups excluding tert-OH is 2. The second-order valence-corrected chi connectivity index (χ2v) is 6.52. The molecule has 2 heteroatoms. The smallest absolute Gasteiger partial charge is 0.0487 e. The van der Waals surface area contributed by atoms with Crippen molar-refractivity contribution in [1.29, 1.82) is 0 Å². The molecule has 15 heavy (non-hydrogen) atoms. The third kappa shape index (κ3) is 3.76. The van der Waals surface area contributed by atoms with Gasteiger partial charge in [0, 0.05) is 13.2 Å². The van der Waals surface area contributed by atoms with Crippen LogP contribution >= 0.6 is 0 Å². The molecule has 0 aromatic carbocycles. The molecule has 0 radical (unpaired) electrons. The van der Waals surface area contributed by atoms with Gasteiger partial charge >= 0.3 is 0 Å². The summed E-state index contributed by atoms with van der Waals surface area (Å²) in [6.07, 6.45) is 5.40. The molecule has 0 amide bonds. The lowest BCUT2D eigenvalue weighted by molar-refractivity contribution is 0.0173. The Morgan fingerprint density at radius 2 is 1.67 bits per heavy atom. The summed E-state index contributed by atoms with van der Waals surface area (Å²) in [6, 6.07) is 0. The van der Waals surface area contributed by atoms with Crippen LogP contribution in [0.4, 0.5) is 0 Å². The molecule has 0 heterocycles. The molecule has 0 atom stereocenters. The first kappa shape index (κ1) is 13.0. The molecule has 0 spiro atoms. The van der Waals surface area contributed by atoms with Crippen molar-refractivity contribution in [2.24, 2.45) is 16.7 Å². The van der Waals surface area contributed by atoms with Crippen molar-refractivity contribution < 1.29 is 10.2 Å². The summed E-state index contributed by atoms with van der Waals surface area (Å²) in [5, 5.41) is 18.7. The van der Waals surface area contributed by atoms with E-state index in [1.54, 1.807) is 0 Å². The van der Waals surface area contributed by atoms with E-state index in [-0.39, 0.29) is 10.8 Å². The monoisotopic (exact) mass is 214 g/mol. The van der Waals surface area contributed by atoms with Crippen molar-refractivity contribution in [1.82, 2.24) is 0 Å². The zero-order valence-corrected chi connectivity index (χ0v) is 10.4. The number of rotatable bonds is 3. The van der Waals surface area contributed by atoms with Crippen molar-refractivity contribution in [3.63, 3.8) is 0 Å². The van der Waals surface area contributed by atoms with Crippen molar-refractivity contribution >= 4 is 0 Å². The minimum Gasteiger partial charge on any atom is -0.396 e. The van der Waals surface area contributed by atoms with Crippen LogP contribution in [0.15, 0.2) is 0 Å². The SMILES string of the molecule is CC(C)(C)CC1(CO)CCC(CO)CC1. The standard InChI is InChI=1S/C13H26O2/c1-12(2,3)9-13(10-15)6-4-11(8-14)5-7-13/h11,14-15H,4-10H2,1-3H3. The van der Waals surface area contributed by atoms with Crippen LogP contribution in [0.5, 0.6) is 0 Å². The van der Waals surface area contributed by atoms with E-state index >= 15 is 0 Å². The normalized spacial score (nSPS) is 33.0. The predicted molar refractivity (Wildman–Crippen MR) is 62.6 cm³/mol. The van der Waals surface area contributed by atoms with Gasteiger partial charge in [0.2, 0.25) is 0 Å². The zero-order valence-electron chi connectivity index (χ0n) is 10.4. The van der Waals surface area contributed by atoms with Crippen LogP contribution in [0.25, 0.3) is 0 Å². The van der Waals surface area contributed by atoms with Crippen LogP contribution in [0.1, 0.15) is 52.9 Å². The summed E-state index contributed by atoms with van der Waals surface area (Å²) in [4.78, 5) is 0. The van der Waals surface area contributed by atoms with Crippen LogP contribution in [0.3, 0.4) is 0 Å². The molecule has 1 rings (SSSR count). The molecule has 0 unspecified atom stereocenters. The van der Waals surface area contributed by atoms with Crippen LogP contribution in [-0.4, -0.2) is 23.4 Å². The predicted octanol–water partition coefficient (Wildman–Crippen LogP) is 2.58. The first-order valence-electron chi connectivity index (χ1n) is 6.12. The Hall–Kier alpha value is -0.0800. The van der Waals surface area contributed by atoms with E-state index in [1.807, 2.05) is 0 Å². The molecular formula is C13H26O2. The average Bonchev–Trinajstić information content (AvgIpc) is 2.16. The van der Waals surface area contributed by atoms with Crippen LogP contribution in [0, 0.1) is 16.7 Å². The highest BCUT2D eigenvalue weighted by Gasteiger charge is 2.37. The number of hydrogen-bond acceptors (Lipinski definition) is 2. The maximum atomic E-state index is 9.60. The molecule has 0 bridgehead atoms. The lowest BCUT2D eigenvalue weighted by Gasteiger charge is -2.42. The van der Waals surface area contributed by atoms with E-state index in [9.17, 15) is 5.11 Å². The topological polar surface area (TPSA) is 40.5 Å². The molecule has 0 saturated heterocycles. The summed E-state index contributed by atoms with van der Waals surface area (Å²) in [6.45, 7) is 7.34. The van der Waals surface area contributed by atoms with Gasteiger partial charge < -0.3 is 10.2 Å². The van der Waals surface area contributed by atoms with Gasteiger partial charge in [-0.2, -0.15) is 0 Å². The highest BCUT2D eigenvalue weighted by atomic mass is 16.3. The van der Waals surface area contributed by atoms with E-state index in [4.69, 9.17) is 5.11 Å². The second kappa shape index (κ2) is 4.84. The third-order valence-electron chi connectivity index (χ3n) is 3.66. The minimum atomic E-state index is 0.129. The van der Waals surface area contributed by atoms with Gasteiger partial charge in [0.05, 0.1) is 0 Å². The first-order valence-corrected chi connectivity index (χ1v) is 6.12. The second-order valence-electron chi connectivity index (χ2n) is 6.52. The Labute approximate surface area is 93.7 Å². The van der Waals surface area contributed by atoms with Gasteiger partial charge in [0.15, 0.2) is 0 Å². The molecule has 2 nitrogen and oxygen atoms in total. The van der Waals surface area contributed by atoms with Gasteiger partial charge in [-0.15, -0.1) is 0 Å². The van der Waals surface area contributed by atoms with Crippen molar-refractivity contribution in [3.8, 4) is 0 Å². The Morgan fingerprint density at radius 3 is 2.00 bits per heavy atom. The third-order valence-corrected chi connectivity index (χ3v) is 3.66. The molecule has 0 aromatic rings. The van der Waals surface area contributed by atoms with Gasteiger partial charge in [-0.25, -0.2) is 0 Å². The minimum absolute atomic E-state index is 0.129. The summed E-state index contributed by atoms with van der Waals surface area (Å²) in [5.41, 5.74) is 0.415. The van der Waals surface area contributed by atoms with Crippen molar-refractivity contribution in [3.05, 3.63) is 0 Å². The van der Waals surface area contributed by atoms with Gasteiger partial charge in [0.1, 0.15) is 0 Å². The van der Waals surface area contributed by atoms with Gasteiger partial charge in [0.25, 0.3) is 0 Å². The molecule has 1 fully saturated rings. The van der Waals surface area contributed by atoms with Crippen LogP contribution in [-0.2, 0) is 0 Å². The quantitative estimate of drug-likeness (QED) is 0.758. The zero-order chi connectivity index (χ0) is 11.5. The lowest BCUT2D eigenvalue weighted by atomic mass is 9.64. The lowest BCUT2D eigenvalue weighted by Crippen LogP contribution is -2.35. The highest BCUT2D eigenvalue weighted by molar-refractivity contribution is 4.88. The maximum Gasteiger partial charge on any atom is 0.0487 e. The van der Waals surface area contributed by atoms with Crippen molar-refractivity contribution in [2.75, 3.05) is 13.2 Å². The molecule has 90 valence electrons. The van der Waals surface area contributed by atoms with Crippen LogP contribution in [0.2, 0.25) is 0 Å². The van der Waals surface area contributed by atoms with Gasteiger partial charge in [-0.1, -0.05) is 20.8 Å². The van der Waals surface area contributed by atoms with E-state index in [2.05, 4.69) is 20.8 Å². The van der Waals surface area contributed by atoms with Crippen LogP contribution < -0.4 is 0 Å². The molecule has 0 aromatic heterocycles. The maximum absolute atomic E-state index is 9.60. The molecular weight excluding hydrogens is 188 g/mol. The first-order chi connectivity index (χ1) is 6.91. The van der Waals surface area contributed by atoms with E-state index in [0.29, 0.717) is 19.1 Å². The fraction of sp³-hybridized carbons (Fsp3) is 1.00. The Kier molecular flexibility index (Phi) is 4.19. The Bertz CT molecular complexity index is 185. The summed E-state index contributed by atoms with van der Waals surface area (Å²) in [5.74, 6) is 0.477. The van der Waals surface area contributed by atoms with Gasteiger partial charge in [-0.05, 0) is 48.9 Å². The van der Waals surface area contributed by atoms with E-state index < -0.39 is 0 Å². The number of aliphatic hydroxyl groups is 2. The Morgan fingerprint density at radius 1 is 1.13 bits per heavy atom. The summed E-state index contributed by atoms with van der Waals surface area (Å²) < 4.78 is 0. The summed E-state index contributed by atoms with van der Waals surface area (Å²) in [7, 11) is 0. The fourth-order valence-corrected chi connectivity index (χ4v) is 2.99. The molecule has 0 aliphatic heterocycles. The Balaban J connectivity index is 2.56. The average molecular weight is 214 g/mol. The van der Waals surface area contributed by atoms with Crippen molar-refractivity contribution in [2.45, 2.75) is 52.9 Å². The fourth-order valence-electron chi connectivity index (χ4n) is 2.99. The van der Waals surface area contributed by atoms with E-state index in [0.717, 1.165) is 32.1 Å². The van der Waals surface area contributed by atoms with E-state index in [1.165, 1.54) is 0 Å². The molecule has 1 saturated carbocycles. The van der Waals surface area contributed by atoms with Gasteiger partial charge in [-0.3, -0.25) is 0 Å². The number of hydrogen-bond donors (Lipinski definition) is 2. The highest BCUT2D eigenvalue weighted by Crippen LogP contribution is 2.45. The molecule has 1 aliphatic carbocycles. The molecule has 1 aliphatic rings.